The van der Waals surface area contributed by atoms with Gasteiger partial charge in [-0.25, -0.2) is 0 Å². The first kappa shape index (κ1) is 14.7. The third kappa shape index (κ3) is 3.32. The van der Waals surface area contributed by atoms with Crippen molar-refractivity contribution in [2.75, 3.05) is 13.6 Å². The van der Waals surface area contributed by atoms with Gasteiger partial charge in [0.15, 0.2) is 11.5 Å². The molecule has 1 aromatic rings. The summed E-state index contributed by atoms with van der Waals surface area (Å²) >= 11 is 0. The van der Waals surface area contributed by atoms with Crippen LogP contribution < -0.4 is 5.32 Å². The fourth-order valence-electron chi connectivity index (χ4n) is 1.37. The van der Waals surface area contributed by atoms with Gasteiger partial charge < -0.3 is 20.6 Å². The summed E-state index contributed by atoms with van der Waals surface area (Å²) in [5.74, 6) is -0.333. The van der Waals surface area contributed by atoms with E-state index in [4.69, 9.17) is 0 Å². The zero-order valence-electron chi connectivity index (χ0n) is 8.99. The van der Waals surface area contributed by atoms with Crippen LogP contribution in [-0.4, -0.2) is 28.9 Å². The van der Waals surface area contributed by atoms with Gasteiger partial charge in [-0.1, -0.05) is 6.07 Å². The molecular formula is C10H15CdNO3. The van der Waals surface area contributed by atoms with Crippen LogP contribution in [0.25, 0.3) is 0 Å². The van der Waals surface area contributed by atoms with Crippen LogP contribution in [0.5, 0.6) is 11.5 Å². The predicted molar refractivity (Wildman–Crippen MR) is 53.4 cm³/mol. The van der Waals surface area contributed by atoms with E-state index >= 15 is 0 Å². The third-order valence-electron chi connectivity index (χ3n) is 2.21. The monoisotopic (exact) mass is 311 g/mol. The topological polar surface area (TPSA) is 72.7 Å². The van der Waals surface area contributed by atoms with Crippen molar-refractivity contribution in [3.63, 3.8) is 0 Å². The Bertz CT molecular complexity index is 331. The molecule has 1 rings (SSSR count). The molecule has 0 spiro atoms. The Hall–Kier alpha value is -0.338. The van der Waals surface area contributed by atoms with E-state index in [-0.39, 0.29) is 38.8 Å². The quantitative estimate of drug-likeness (QED) is 0.489. The Morgan fingerprint density at radius 2 is 1.93 bits per heavy atom. The number of likely N-dealkylation sites (N-methyl/N-ethyl adjacent to an activating group) is 1. The third-order valence-corrected chi connectivity index (χ3v) is 2.21. The molecule has 4 nitrogen and oxygen atoms in total. The van der Waals surface area contributed by atoms with Gasteiger partial charge in [-0.3, -0.25) is 0 Å². The molecule has 1 aromatic carbocycles. The molecule has 0 aliphatic heterocycles. The Morgan fingerprint density at radius 1 is 1.33 bits per heavy atom. The molecule has 80 valence electrons. The average Bonchev–Trinajstić information content (AvgIpc) is 2.15. The summed E-state index contributed by atoms with van der Waals surface area (Å²) in [4.78, 5) is 0. The Labute approximate surface area is 109 Å². The summed E-state index contributed by atoms with van der Waals surface area (Å²) in [6.07, 6.45) is -0.675. The van der Waals surface area contributed by atoms with Crippen molar-refractivity contribution in [1.29, 1.82) is 0 Å². The maximum Gasteiger partial charge on any atom is 0.160 e. The average molecular weight is 310 g/mol. The number of nitrogens with one attached hydrogen (secondary N) is 1. The molecule has 0 saturated carbocycles. The number of phenolic OH excluding ortho intramolecular Hbond substituents is 2. The van der Waals surface area contributed by atoms with Crippen LogP contribution in [0.4, 0.5) is 0 Å². The normalized spacial score (nSPS) is 11.9. The van der Waals surface area contributed by atoms with Gasteiger partial charge in [0.25, 0.3) is 0 Å². The van der Waals surface area contributed by atoms with E-state index in [2.05, 4.69) is 5.32 Å². The van der Waals surface area contributed by atoms with Crippen LogP contribution in [0.15, 0.2) is 12.1 Å². The van der Waals surface area contributed by atoms with Crippen molar-refractivity contribution < 1.29 is 42.6 Å². The smallest absolute Gasteiger partial charge is 0.160 e. The van der Waals surface area contributed by atoms with E-state index in [1.54, 1.807) is 20.0 Å². The maximum atomic E-state index is 9.66. The van der Waals surface area contributed by atoms with Gasteiger partial charge in [-0.05, 0) is 25.6 Å². The van der Waals surface area contributed by atoms with Crippen molar-refractivity contribution in [3.8, 4) is 11.5 Å². The minimum Gasteiger partial charge on any atom is -0.504 e. The van der Waals surface area contributed by atoms with Crippen molar-refractivity contribution in [1.82, 2.24) is 5.32 Å². The first-order valence-electron chi connectivity index (χ1n) is 4.42. The summed E-state index contributed by atoms with van der Waals surface area (Å²) in [6, 6.07) is 2.98. The molecule has 0 fully saturated rings. The number of benzene rings is 1. The largest absolute Gasteiger partial charge is 0.504 e. The first-order chi connectivity index (χ1) is 6.57. The number of hydrogen-bond acceptors (Lipinski definition) is 4. The second-order valence-electron chi connectivity index (χ2n) is 3.22. The minimum absolute atomic E-state index is 0. The summed E-state index contributed by atoms with van der Waals surface area (Å²) in [5.41, 5.74) is 1.13. The number of rotatable bonds is 3. The van der Waals surface area contributed by atoms with E-state index in [0.717, 1.165) is 0 Å². The summed E-state index contributed by atoms with van der Waals surface area (Å²) in [7, 11) is 1.73. The van der Waals surface area contributed by atoms with Crippen molar-refractivity contribution in [2.45, 2.75) is 13.0 Å². The molecule has 0 saturated heterocycles. The first-order valence-corrected chi connectivity index (χ1v) is 4.42. The molecule has 0 radical (unpaired) electrons. The number of aliphatic hydroxyl groups is 1. The molecule has 0 aromatic heterocycles. The molecule has 0 unspecified atom stereocenters. The molecule has 0 aliphatic rings. The molecule has 1 atom stereocenters. The van der Waals surface area contributed by atoms with Crippen molar-refractivity contribution in [2.24, 2.45) is 0 Å². The van der Waals surface area contributed by atoms with Crippen molar-refractivity contribution in [3.05, 3.63) is 23.3 Å². The van der Waals surface area contributed by atoms with E-state index < -0.39 is 6.10 Å². The zero-order valence-corrected chi connectivity index (χ0v) is 13.0. The number of aliphatic hydroxyl groups excluding tert-OH is 1. The van der Waals surface area contributed by atoms with Gasteiger partial charge in [0.2, 0.25) is 0 Å². The van der Waals surface area contributed by atoms with Crippen LogP contribution in [0.2, 0.25) is 0 Å². The van der Waals surface area contributed by atoms with Crippen LogP contribution in [0.3, 0.4) is 0 Å². The number of aromatic hydroxyl groups is 2. The predicted octanol–water partition coefficient (Wildman–Crippen LogP) is 0.657. The molecule has 5 heteroatoms. The van der Waals surface area contributed by atoms with E-state index in [9.17, 15) is 15.3 Å². The maximum absolute atomic E-state index is 9.66. The van der Waals surface area contributed by atoms with Crippen LogP contribution in [0, 0.1) is 6.92 Å². The Balaban J connectivity index is 0.00000196. The van der Waals surface area contributed by atoms with Gasteiger partial charge in [-0.2, -0.15) is 0 Å². The van der Waals surface area contributed by atoms with Gasteiger partial charge in [0.1, 0.15) is 0 Å². The van der Waals surface area contributed by atoms with Crippen LogP contribution >= 0.6 is 0 Å². The molecular weight excluding hydrogens is 295 g/mol. The fourth-order valence-corrected chi connectivity index (χ4v) is 1.37. The number of phenols is 2. The van der Waals surface area contributed by atoms with Gasteiger partial charge in [-0.15, -0.1) is 0 Å². The zero-order chi connectivity index (χ0) is 10.7. The minimum atomic E-state index is -0.675. The van der Waals surface area contributed by atoms with E-state index in [1.807, 2.05) is 0 Å². The summed E-state index contributed by atoms with van der Waals surface area (Å²) in [5, 5.41) is 31.1. The van der Waals surface area contributed by atoms with Crippen LogP contribution in [-0.2, 0) is 27.3 Å². The Morgan fingerprint density at radius 3 is 2.47 bits per heavy atom. The second kappa shape index (κ2) is 6.29. The molecule has 0 aliphatic carbocycles. The number of hydrogen-bond donors (Lipinski definition) is 4. The molecule has 4 N–H and O–H groups in total. The fraction of sp³-hybridized carbons (Fsp3) is 0.400. The van der Waals surface area contributed by atoms with Gasteiger partial charge in [0.05, 0.1) is 6.10 Å². The van der Waals surface area contributed by atoms with Gasteiger partial charge >= 0.3 is 0 Å². The van der Waals surface area contributed by atoms with E-state index in [1.165, 1.54) is 6.07 Å². The summed E-state index contributed by atoms with van der Waals surface area (Å²) < 4.78 is 0. The van der Waals surface area contributed by atoms with E-state index in [0.29, 0.717) is 17.7 Å². The molecule has 0 amide bonds. The molecule has 0 bridgehead atoms. The Kier molecular flexibility index (Phi) is 6.15. The standard InChI is InChI=1S/C10H15NO3.Cd/c1-6-7(9(13)5-11-2)3-4-8(12)10(6)14;/h3-4,9,11-14H,5H2,1-2H3;/t9-;/m0./s1. The van der Waals surface area contributed by atoms with Gasteiger partial charge in [0, 0.05) is 39.4 Å². The van der Waals surface area contributed by atoms with Crippen molar-refractivity contribution >= 4 is 0 Å². The molecule has 15 heavy (non-hydrogen) atoms. The SMILES string of the molecule is CNC[C@H](O)c1ccc(O)c(O)c1C.[Cd]. The summed E-state index contributed by atoms with van der Waals surface area (Å²) in [6.45, 7) is 2.06. The molecule has 0 heterocycles. The van der Waals surface area contributed by atoms with Crippen LogP contribution in [0.1, 0.15) is 17.2 Å². The second-order valence-corrected chi connectivity index (χ2v) is 3.22.